The fourth-order valence-corrected chi connectivity index (χ4v) is 6.95. The molecule has 0 spiro atoms. The van der Waals surface area contributed by atoms with E-state index in [1.54, 1.807) is 20.8 Å². The number of aryl methyl sites for hydroxylation is 1. The second-order valence-corrected chi connectivity index (χ2v) is 11.4. The van der Waals surface area contributed by atoms with Crippen molar-refractivity contribution in [2.75, 3.05) is 11.9 Å². The number of benzene rings is 3. The van der Waals surface area contributed by atoms with Crippen molar-refractivity contribution in [3.8, 4) is 0 Å². The third-order valence-electron chi connectivity index (χ3n) is 8.67. The largest absolute Gasteiger partial charge is 0.454 e. The molecular weight excluding hydrogens is 538 g/mol. The molecule has 0 unspecified atom stereocenters. The van der Waals surface area contributed by atoms with Gasteiger partial charge in [-0.1, -0.05) is 68.4 Å². The van der Waals surface area contributed by atoms with Crippen molar-refractivity contribution in [2.45, 2.75) is 38.6 Å². The standard InChI is InChI=1S/C32H29N3O7/c1-16(2)29(32(39)42-15-24(36)33-18-13-12-17(3)23(14-18)35(40)41)34-30(37)27-25-19-8-4-5-9-20(19)26(28(27)31(34)38)22-11-7-6-10-21(22)25/h4-14,16,25-29H,15H2,1-3H3,(H,33,36)/t25?,26?,27-,28+,29-/m0/s1. The van der Waals surface area contributed by atoms with Crippen LogP contribution in [0.4, 0.5) is 11.4 Å². The Labute approximate surface area is 241 Å². The van der Waals surface area contributed by atoms with Crippen LogP contribution in [0.5, 0.6) is 0 Å². The smallest absolute Gasteiger partial charge is 0.330 e. The second kappa shape index (κ2) is 10.2. The predicted octanol–water partition coefficient (Wildman–Crippen LogP) is 4.30. The summed E-state index contributed by atoms with van der Waals surface area (Å²) in [6, 6.07) is 18.8. The van der Waals surface area contributed by atoms with E-state index in [4.69, 9.17) is 4.74 Å². The van der Waals surface area contributed by atoms with Crippen molar-refractivity contribution in [3.63, 3.8) is 0 Å². The zero-order valence-electron chi connectivity index (χ0n) is 23.3. The highest BCUT2D eigenvalue weighted by atomic mass is 16.6. The minimum absolute atomic E-state index is 0.157. The Morgan fingerprint density at radius 3 is 1.86 bits per heavy atom. The summed E-state index contributed by atoms with van der Waals surface area (Å²) < 4.78 is 5.33. The van der Waals surface area contributed by atoms with Crippen LogP contribution < -0.4 is 5.32 Å². The summed E-state index contributed by atoms with van der Waals surface area (Å²) in [6.45, 7) is 4.34. The number of rotatable bonds is 7. The number of nitro groups is 1. The number of nitro benzene ring substituents is 1. The average molecular weight is 568 g/mol. The highest BCUT2D eigenvalue weighted by molar-refractivity contribution is 6.10. The lowest BCUT2D eigenvalue weighted by atomic mass is 9.55. The van der Waals surface area contributed by atoms with E-state index in [9.17, 15) is 29.3 Å². The van der Waals surface area contributed by atoms with Crippen LogP contribution >= 0.6 is 0 Å². The van der Waals surface area contributed by atoms with Crippen LogP contribution in [0.15, 0.2) is 66.7 Å². The molecule has 1 fully saturated rings. The van der Waals surface area contributed by atoms with Gasteiger partial charge in [0, 0.05) is 29.2 Å². The highest BCUT2D eigenvalue weighted by Gasteiger charge is 2.63. The van der Waals surface area contributed by atoms with Gasteiger partial charge >= 0.3 is 5.97 Å². The van der Waals surface area contributed by atoms with E-state index in [0.717, 1.165) is 27.2 Å². The van der Waals surface area contributed by atoms with Gasteiger partial charge in [-0.05, 0) is 41.2 Å². The molecule has 3 amide bonds. The van der Waals surface area contributed by atoms with Crippen LogP contribution in [-0.4, -0.2) is 46.2 Å². The van der Waals surface area contributed by atoms with Gasteiger partial charge in [-0.25, -0.2) is 4.79 Å². The van der Waals surface area contributed by atoms with E-state index in [1.165, 1.54) is 18.2 Å². The van der Waals surface area contributed by atoms with Gasteiger partial charge in [0.15, 0.2) is 6.61 Å². The van der Waals surface area contributed by atoms with E-state index in [2.05, 4.69) is 5.32 Å². The molecular formula is C32H29N3O7. The fourth-order valence-electron chi connectivity index (χ4n) is 6.95. The van der Waals surface area contributed by atoms with Gasteiger partial charge < -0.3 is 10.1 Å². The van der Waals surface area contributed by atoms with Crippen LogP contribution in [0.3, 0.4) is 0 Å². The highest BCUT2D eigenvalue weighted by Crippen LogP contribution is 2.61. The SMILES string of the molecule is Cc1ccc(NC(=O)COC(=O)[C@H](C(C)C)N2C(=O)[C@@H]3C4c5ccccc5C(c5ccccc54)[C@@H]3C2=O)cc1[N+](=O)[O-]. The third kappa shape index (κ3) is 4.17. The molecule has 0 saturated carbocycles. The van der Waals surface area contributed by atoms with Crippen LogP contribution in [-0.2, 0) is 23.9 Å². The van der Waals surface area contributed by atoms with Crippen LogP contribution in [0.25, 0.3) is 0 Å². The lowest BCUT2D eigenvalue weighted by Crippen LogP contribution is -2.49. The number of carbonyl (C=O) groups is 4. The first-order chi connectivity index (χ1) is 20.1. The number of ether oxygens (including phenoxy) is 1. The van der Waals surface area contributed by atoms with Gasteiger partial charge in [-0.2, -0.15) is 0 Å². The maximum atomic E-state index is 14.1. The number of imide groups is 1. The van der Waals surface area contributed by atoms with E-state index in [1.807, 2.05) is 48.5 Å². The van der Waals surface area contributed by atoms with Crippen LogP contribution in [0.1, 0.15) is 53.5 Å². The predicted molar refractivity (Wildman–Crippen MR) is 151 cm³/mol. The summed E-state index contributed by atoms with van der Waals surface area (Å²) in [4.78, 5) is 65.8. The number of nitrogens with one attached hydrogen (secondary N) is 1. The monoisotopic (exact) mass is 567 g/mol. The van der Waals surface area contributed by atoms with E-state index in [0.29, 0.717) is 5.56 Å². The van der Waals surface area contributed by atoms with Gasteiger partial charge in [0.05, 0.1) is 16.8 Å². The molecule has 1 heterocycles. The molecule has 1 saturated heterocycles. The summed E-state index contributed by atoms with van der Waals surface area (Å²) in [5, 5.41) is 13.7. The summed E-state index contributed by atoms with van der Waals surface area (Å²) in [6.07, 6.45) is 0. The average Bonchev–Trinajstić information content (AvgIpc) is 3.23. The molecule has 10 heteroatoms. The van der Waals surface area contributed by atoms with Crippen molar-refractivity contribution < 1.29 is 28.8 Å². The zero-order chi connectivity index (χ0) is 29.9. The quantitative estimate of drug-likeness (QED) is 0.195. The molecule has 3 aromatic rings. The molecule has 0 aromatic heterocycles. The van der Waals surface area contributed by atoms with Crippen molar-refractivity contribution in [1.29, 1.82) is 0 Å². The van der Waals surface area contributed by atoms with Gasteiger partial charge in [0.25, 0.3) is 11.6 Å². The van der Waals surface area contributed by atoms with Crippen molar-refractivity contribution in [1.82, 2.24) is 4.90 Å². The number of anilines is 1. The molecule has 4 aliphatic rings. The maximum Gasteiger partial charge on any atom is 0.330 e. The Bertz CT molecular complexity index is 1550. The first-order valence-electron chi connectivity index (χ1n) is 13.9. The number of esters is 1. The van der Waals surface area contributed by atoms with Crippen LogP contribution in [0.2, 0.25) is 0 Å². The van der Waals surface area contributed by atoms with E-state index >= 15 is 0 Å². The lowest BCUT2D eigenvalue weighted by Gasteiger charge is -2.45. The minimum Gasteiger partial charge on any atom is -0.454 e. The molecule has 7 rings (SSSR count). The maximum absolute atomic E-state index is 14.1. The number of nitrogens with zero attached hydrogens (tertiary/aromatic N) is 2. The van der Waals surface area contributed by atoms with Crippen molar-refractivity contribution >= 4 is 35.1 Å². The number of amides is 3. The lowest BCUT2D eigenvalue weighted by molar-refractivity contribution is -0.385. The van der Waals surface area contributed by atoms with Gasteiger partial charge in [0.1, 0.15) is 6.04 Å². The zero-order valence-corrected chi connectivity index (χ0v) is 23.3. The summed E-state index contributed by atoms with van der Waals surface area (Å²) in [5.74, 6) is -4.74. The number of hydrogen-bond acceptors (Lipinski definition) is 7. The summed E-state index contributed by atoms with van der Waals surface area (Å²) in [5.41, 5.74) is 4.57. The molecule has 3 aliphatic carbocycles. The van der Waals surface area contributed by atoms with Crippen molar-refractivity contribution in [2.24, 2.45) is 17.8 Å². The first kappa shape index (κ1) is 27.3. The minimum atomic E-state index is -1.21. The molecule has 10 nitrogen and oxygen atoms in total. The van der Waals surface area contributed by atoms with Crippen molar-refractivity contribution in [3.05, 3.63) is 105 Å². The topological polar surface area (TPSA) is 136 Å². The number of likely N-dealkylation sites (tertiary alicyclic amines) is 1. The normalized spacial score (nSPS) is 22.3. The molecule has 1 aliphatic heterocycles. The Morgan fingerprint density at radius 2 is 1.40 bits per heavy atom. The summed E-state index contributed by atoms with van der Waals surface area (Å²) in [7, 11) is 0. The molecule has 3 atom stereocenters. The van der Waals surface area contributed by atoms with E-state index < -0.39 is 59.0 Å². The van der Waals surface area contributed by atoms with E-state index in [-0.39, 0.29) is 23.2 Å². The molecule has 3 aromatic carbocycles. The van der Waals surface area contributed by atoms with Gasteiger partial charge in [0.2, 0.25) is 11.8 Å². The fraction of sp³-hybridized carbons (Fsp3) is 0.312. The molecule has 0 radical (unpaired) electrons. The molecule has 2 bridgehead atoms. The van der Waals surface area contributed by atoms with Gasteiger partial charge in [-0.15, -0.1) is 0 Å². The number of hydrogen-bond donors (Lipinski definition) is 1. The Hall–Kier alpha value is -4.86. The number of carbonyl (C=O) groups excluding carboxylic acids is 4. The Balaban J connectivity index is 1.23. The van der Waals surface area contributed by atoms with Crippen LogP contribution in [0, 0.1) is 34.8 Å². The molecule has 1 N–H and O–H groups in total. The third-order valence-corrected chi connectivity index (χ3v) is 8.67. The molecule has 42 heavy (non-hydrogen) atoms. The second-order valence-electron chi connectivity index (χ2n) is 11.4. The summed E-state index contributed by atoms with van der Waals surface area (Å²) >= 11 is 0. The first-order valence-corrected chi connectivity index (χ1v) is 13.9. The van der Waals surface area contributed by atoms with Gasteiger partial charge in [-0.3, -0.25) is 29.4 Å². The Morgan fingerprint density at radius 1 is 0.905 bits per heavy atom. The molecule has 214 valence electrons. The Kier molecular flexibility index (Phi) is 6.64.